The first kappa shape index (κ1) is 13.3. The molecule has 0 radical (unpaired) electrons. The van der Waals surface area contributed by atoms with E-state index in [9.17, 15) is 4.79 Å². The van der Waals surface area contributed by atoms with Crippen LogP contribution in [0, 0.1) is 5.92 Å². The molecule has 2 heterocycles. The van der Waals surface area contributed by atoms with E-state index >= 15 is 0 Å². The summed E-state index contributed by atoms with van der Waals surface area (Å²) in [4.78, 5) is 18.0. The van der Waals surface area contributed by atoms with Crippen molar-refractivity contribution in [2.45, 2.75) is 19.8 Å². The molecule has 0 saturated carbocycles. The number of likely N-dealkylation sites (tertiary alicyclic amines) is 1. The molecule has 1 aliphatic heterocycles. The van der Waals surface area contributed by atoms with Gasteiger partial charge in [-0.05, 0) is 12.8 Å². The Morgan fingerprint density at radius 1 is 1.72 bits per heavy atom. The zero-order chi connectivity index (χ0) is 13.0. The zero-order valence-electron chi connectivity index (χ0n) is 10.6. The standard InChI is InChI=1S/C12H19N3O2S/c1-2-5-17-7-9-3-4-15(6-9)11(16)10-8-18-12(13)14-10/h8-9H,2-7H2,1H3,(H2,13,14). The molecule has 2 N–H and O–H groups in total. The fourth-order valence-electron chi connectivity index (χ4n) is 2.10. The maximum Gasteiger partial charge on any atom is 0.273 e. The fourth-order valence-corrected chi connectivity index (χ4v) is 2.63. The lowest BCUT2D eigenvalue weighted by Crippen LogP contribution is -2.29. The molecule has 0 spiro atoms. The Kier molecular flexibility index (Phi) is 4.54. The van der Waals surface area contributed by atoms with Crippen molar-refractivity contribution >= 4 is 22.4 Å². The molecule has 1 unspecified atom stereocenters. The summed E-state index contributed by atoms with van der Waals surface area (Å²) < 4.78 is 5.53. The maximum absolute atomic E-state index is 12.1. The highest BCUT2D eigenvalue weighted by atomic mass is 32.1. The van der Waals surface area contributed by atoms with E-state index < -0.39 is 0 Å². The van der Waals surface area contributed by atoms with Gasteiger partial charge >= 0.3 is 0 Å². The second-order valence-electron chi connectivity index (χ2n) is 4.55. The summed E-state index contributed by atoms with van der Waals surface area (Å²) in [6.45, 7) is 5.19. The quantitative estimate of drug-likeness (QED) is 0.825. The lowest BCUT2D eigenvalue weighted by Gasteiger charge is -2.15. The van der Waals surface area contributed by atoms with E-state index in [1.807, 2.05) is 4.90 Å². The Labute approximate surface area is 111 Å². The number of carbonyl (C=O) groups excluding carboxylic acids is 1. The van der Waals surface area contributed by atoms with E-state index in [4.69, 9.17) is 10.5 Å². The molecular formula is C12H19N3O2S. The number of thiazole rings is 1. The van der Waals surface area contributed by atoms with Crippen molar-refractivity contribution in [1.29, 1.82) is 0 Å². The van der Waals surface area contributed by atoms with Crippen LogP contribution in [-0.2, 0) is 4.74 Å². The summed E-state index contributed by atoms with van der Waals surface area (Å²) in [6.07, 6.45) is 2.04. The molecule has 1 aromatic heterocycles. The number of nitrogen functional groups attached to an aromatic ring is 1. The lowest BCUT2D eigenvalue weighted by atomic mass is 10.1. The van der Waals surface area contributed by atoms with E-state index in [2.05, 4.69) is 11.9 Å². The van der Waals surface area contributed by atoms with Gasteiger partial charge in [-0.2, -0.15) is 0 Å². The fraction of sp³-hybridized carbons (Fsp3) is 0.667. The minimum atomic E-state index is -0.0130. The Morgan fingerprint density at radius 3 is 3.22 bits per heavy atom. The Morgan fingerprint density at radius 2 is 2.56 bits per heavy atom. The van der Waals surface area contributed by atoms with E-state index in [1.165, 1.54) is 11.3 Å². The zero-order valence-corrected chi connectivity index (χ0v) is 11.4. The van der Waals surface area contributed by atoms with Gasteiger partial charge in [-0.25, -0.2) is 4.98 Å². The van der Waals surface area contributed by atoms with Gasteiger partial charge in [-0.3, -0.25) is 4.79 Å². The third-order valence-electron chi connectivity index (χ3n) is 3.02. The summed E-state index contributed by atoms with van der Waals surface area (Å²) in [5, 5.41) is 2.17. The van der Waals surface area contributed by atoms with Crippen molar-refractivity contribution in [3.8, 4) is 0 Å². The predicted octanol–water partition coefficient (Wildman–Crippen LogP) is 1.61. The molecule has 100 valence electrons. The van der Waals surface area contributed by atoms with Crippen LogP contribution in [0.5, 0.6) is 0 Å². The SMILES string of the molecule is CCCOCC1CCN(C(=O)c2csc(N)n2)C1. The number of carbonyl (C=O) groups is 1. The van der Waals surface area contributed by atoms with Crippen LogP contribution in [0.25, 0.3) is 0 Å². The Bertz CT molecular complexity index is 408. The number of hydrogen-bond donors (Lipinski definition) is 1. The van der Waals surface area contributed by atoms with E-state index in [0.29, 0.717) is 16.7 Å². The molecule has 6 heteroatoms. The van der Waals surface area contributed by atoms with Gasteiger partial charge in [-0.1, -0.05) is 6.92 Å². The number of aromatic nitrogens is 1. The van der Waals surface area contributed by atoms with E-state index in [0.717, 1.165) is 39.1 Å². The summed E-state index contributed by atoms with van der Waals surface area (Å²) >= 11 is 1.30. The third-order valence-corrected chi connectivity index (χ3v) is 3.69. The summed E-state index contributed by atoms with van der Waals surface area (Å²) in [5.41, 5.74) is 6.01. The Hall–Kier alpha value is -1.14. The molecule has 1 atom stereocenters. The molecule has 5 nitrogen and oxygen atoms in total. The Balaban J connectivity index is 1.83. The van der Waals surface area contributed by atoms with Crippen molar-refractivity contribution in [1.82, 2.24) is 9.88 Å². The van der Waals surface area contributed by atoms with Crippen LogP contribution in [0.15, 0.2) is 5.38 Å². The monoisotopic (exact) mass is 269 g/mol. The summed E-state index contributed by atoms with van der Waals surface area (Å²) in [6, 6.07) is 0. The first-order valence-electron chi connectivity index (χ1n) is 6.28. The van der Waals surface area contributed by atoms with E-state index in [1.54, 1.807) is 5.38 Å². The average Bonchev–Trinajstić information content (AvgIpc) is 2.98. The highest BCUT2D eigenvalue weighted by molar-refractivity contribution is 7.13. The van der Waals surface area contributed by atoms with E-state index in [-0.39, 0.29) is 5.91 Å². The van der Waals surface area contributed by atoms with Gasteiger partial charge in [0.15, 0.2) is 5.13 Å². The molecule has 1 fully saturated rings. The smallest absolute Gasteiger partial charge is 0.273 e. The van der Waals surface area contributed by atoms with Gasteiger partial charge in [0.05, 0.1) is 6.61 Å². The normalized spacial score (nSPS) is 19.4. The van der Waals surface area contributed by atoms with Crippen molar-refractivity contribution in [2.24, 2.45) is 5.92 Å². The highest BCUT2D eigenvalue weighted by Crippen LogP contribution is 2.20. The van der Waals surface area contributed by atoms with Gasteiger partial charge in [0.2, 0.25) is 0 Å². The van der Waals surface area contributed by atoms with Crippen molar-refractivity contribution in [2.75, 3.05) is 32.0 Å². The van der Waals surface area contributed by atoms with Crippen LogP contribution >= 0.6 is 11.3 Å². The average molecular weight is 269 g/mol. The molecule has 1 saturated heterocycles. The number of anilines is 1. The van der Waals surface area contributed by atoms with Crippen LogP contribution in [0.3, 0.4) is 0 Å². The molecule has 0 aliphatic carbocycles. The van der Waals surface area contributed by atoms with Crippen LogP contribution < -0.4 is 5.73 Å². The van der Waals surface area contributed by atoms with Crippen LogP contribution in [0.2, 0.25) is 0 Å². The van der Waals surface area contributed by atoms with Crippen molar-refractivity contribution < 1.29 is 9.53 Å². The van der Waals surface area contributed by atoms with Gasteiger partial charge in [-0.15, -0.1) is 11.3 Å². The predicted molar refractivity (Wildman–Crippen MR) is 71.6 cm³/mol. The second-order valence-corrected chi connectivity index (χ2v) is 5.44. The minimum absolute atomic E-state index is 0.0130. The number of hydrogen-bond acceptors (Lipinski definition) is 5. The van der Waals surface area contributed by atoms with Crippen LogP contribution in [-0.4, -0.2) is 42.1 Å². The van der Waals surface area contributed by atoms with Crippen LogP contribution in [0.4, 0.5) is 5.13 Å². The number of ether oxygens (including phenoxy) is 1. The molecule has 1 aliphatic rings. The number of amides is 1. The van der Waals surface area contributed by atoms with Crippen molar-refractivity contribution in [3.05, 3.63) is 11.1 Å². The van der Waals surface area contributed by atoms with Gasteiger partial charge < -0.3 is 15.4 Å². The van der Waals surface area contributed by atoms with Gasteiger partial charge in [0.1, 0.15) is 5.69 Å². The van der Waals surface area contributed by atoms with Gasteiger partial charge in [0, 0.05) is 31.0 Å². The largest absolute Gasteiger partial charge is 0.381 e. The second kappa shape index (κ2) is 6.15. The summed E-state index contributed by atoms with van der Waals surface area (Å²) in [7, 11) is 0. The summed E-state index contributed by atoms with van der Waals surface area (Å²) in [5.74, 6) is 0.442. The first-order valence-corrected chi connectivity index (χ1v) is 7.16. The lowest BCUT2D eigenvalue weighted by molar-refractivity contribution is 0.0750. The molecular weight excluding hydrogens is 250 g/mol. The number of nitrogens with two attached hydrogens (primary N) is 1. The topological polar surface area (TPSA) is 68.5 Å². The molecule has 0 bridgehead atoms. The molecule has 1 amide bonds. The molecule has 18 heavy (non-hydrogen) atoms. The van der Waals surface area contributed by atoms with Crippen molar-refractivity contribution in [3.63, 3.8) is 0 Å². The first-order chi connectivity index (χ1) is 8.70. The van der Waals surface area contributed by atoms with Gasteiger partial charge in [0.25, 0.3) is 5.91 Å². The number of nitrogens with zero attached hydrogens (tertiary/aromatic N) is 2. The number of rotatable bonds is 5. The highest BCUT2D eigenvalue weighted by Gasteiger charge is 2.28. The minimum Gasteiger partial charge on any atom is -0.381 e. The maximum atomic E-state index is 12.1. The molecule has 0 aromatic carbocycles. The molecule has 2 rings (SSSR count). The van der Waals surface area contributed by atoms with Crippen LogP contribution in [0.1, 0.15) is 30.3 Å². The molecule has 1 aromatic rings. The third kappa shape index (κ3) is 3.20.